The number of hydrogen-bond donors (Lipinski definition) is 1. The molecule has 8 heteroatoms. The zero-order valence-corrected chi connectivity index (χ0v) is 13.1. The Bertz CT molecular complexity index is 552. The average molecular weight is 339 g/mol. The summed E-state index contributed by atoms with van der Waals surface area (Å²) in [7, 11) is -3.68. The van der Waals surface area contributed by atoms with Crippen molar-refractivity contribution < 1.29 is 13.5 Å². The maximum absolute atomic E-state index is 12.6. The number of nitrogens with zero attached hydrogens (tertiary/aromatic N) is 2. The van der Waals surface area contributed by atoms with E-state index in [1.807, 2.05) is 4.90 Å². The summed E-state index contributed by atoms with van der Waals surface area (Å²) in [6.07, 6.45) is 0. The highest BCUT2D eigenvalue weighted by molar-refractivity contribution is 7.89. The van der Waals surface area contributed by atoms with Gasteiger partial charge in [-0.05, 0) is 12.1 Å². The Morgan fingerprint density at radius 1 is 1.10 bits per heavy atom. The van der Waals surface area contributed by atoms with Crippen LogP contribution in [0.25, 0.3) is 0 Å². The predicted octanol–water partition coefficient (Wildman–Crippen LogP) is 1.29. The molecule has 0 atom stereocenters. The summed E-state index contributed by atoms with van der Waals surface area (Å²) in [5.41, 5.74) is 0. The van der Waals surface area contributed by atoms with Crippen molar-refractivity contribution in [2.24, 2.45) is 0 Å². The Labute approximate surface area is 128 Å². The molecule has 1 aliphatic rings. The minimum Gasteiger partial charge on any atom is -0.395 e. The molecule has 0 unspecified atom stereocenters. The molecule has 1 fully saturated rings. The number of sulfonamides is 1. The number of piperazine rings is 1. The Balaban J connectivity index is 2.20. The summed E-state index contributed by atoms with van der Waals surface area (Å²) in [6.45, 7) is 2.53. The number of hydrogen-bond acceptors (Lipinski definition) is 4. The highest BCUT2D eigenvalue weighted by Gasteiger charge is 2.31. The van der Waals surface area contributed by atoms with Crippen molar-refractivity contribution in [3.63, 3.8) is 0 Å². The summed E-state index contributed by atoms with van der Waals surface area (Å²) in [5, 5.41) is 9.16. The molecular formula is C12H16Cl2N2O3S. The first-order valence-electron chi connectivity index (χ1n) is 6.24. The van der Waals surface area contributed by atoms with Crippen molar-refractivity contribution in [1.82, 2.24) is 9.21 Å². The molecule has 112 valence electrons. The zero-order chi connectivity index (χ0) is 14.8. The van der Waals surface area contributed by atoms with E-state index >= 15 is 0 Å². The van der Waals surface area contributed by atoms with Gasteiger partial charge in [0.25, 0.3) is 0 Å². The van der Waals surface area contributed by atoms with Crippen molar-refractivity contribution in [2.45, 2.75) is 4.90 Å². The molecule has 1 aromatic rings. The van der Waals surface area contributed by atoms with Crippen LogP contribution in [0.1, 0.15) is 0 Å². The highest BCUT2D eigenvalue weighted by atomic mass is 35.5. The maximum Gasteiger partial charge on any atom is 0.246 e. The summed E-state index contributed by atoms with van der Waals surface area (Å²) in [4.78, 5) is 1.99. The van der Waals surface area contributed by atoms with E-state index in [2.05, 4.69) is 0 Å². The molecule has 20 heavy (non-hydrogen) atoms. The molecule has 1 aromatic carbocycles. The first kappa shape index (κ1) is 16.0. The van der Waals surface area contributed by atoms with E-state index in [0.717, 1.165) is 0 Å². The third kappa shape index (κ3) is 3.27. The average Bonchev–Trinajstić information content (AvgIpc) is 2.39. The summed E-state index contributed by atoms with van der Waals surface area (Å²) in [5.74, 6) is 0. The number of aliphatic hydroxyl groups is 1. The van der Waals surface area contributed by atoms with Crippen molar-refractivity contribution in [3.05, 3.63) is 28.2 Å². The molecule has 0 aromatic heterocycles. The van der Waals surface area contributed by atoms with Crippen LogP contribution in [-0.2, 0) is 10.0 Å². The van der Waals surface area contributed by atoms with Gasteiger partial charge in [0.1, 0.15) is 4.90 Å². The molecule has 1 N–H and O–H groups in total. The third-order valence-corrected chi connectivity index (χ3v) is 6.12. The van der Waals surface area contributed by atoms with Gasteiger partial charge in [-0.3, -0.25) is 4.90 Å². The molecule has 0 saturated carbocycles. The van der Waals surface area contributed by atoms with Gasteiger partial charge in [-0.1, -0.05) is 29.3 Å². The minimum absolute atomic E-state index is 0.0288. The van der Waals surface area contributed by atoms with E-state index in [1.54, 1.807) is 6.07 Å². The van der Waals surface area contributed by atoms with Gasteiger partial charge in [0.2, 0.25) is 10.0 Å². The van der Waals surface area contributed by atoms with Crippen LogP contribution in [0.3, 0.4) is 0 Å². The smallest absolute Gasteiger partial charge is 0.246 e. The fourth-order valence-electron chi connectivity index (χ4n) is 2.19. The molecule has 1 saturated heterocycles. The van der Waals surface area contributed by atoms with Gasteiger partial charge >= 0.3 is 0 Å². The number of β-amino-alcohol motifs (C(OH)–C–C–N with tert-alkyl or cyclic N) is 1. The Morgan fingerprint density at radius 3 is 2.15 bits per heavy atom. The van der Waals surface area contributed by atoms with Crippen LogP contribution < -0.4 is 0 Å². The van der Waals surface area contributed by atoms with Crippen molar-refractivity contribution in [1.29, 1.82) is 0 Å². The van der Waals surface area contributed by atoms with Crippen LogP contribution in [0, 0.1) is 0 Å². The normalized spacial score (nSPS) is 18.4. The van der Waals surface area contributed by atoms with E-state index in [1.165, 1.54) is 16.4 Å². The molecule has 0 aliphatic carbocycles. The van der Waals surface area contributed by atoms with E-state index in [-0.39, 0.29) is 21.5 Å². The number of benzene rings is 1. The second-order valence-electron chi connectivity index (χ2n) is 4.52. The lowest BCUT2D eigenvalue weighted by molar-refractivity contribution is 0.151. The van der Waals surface area contributed by atoms with Crippen LogP contribution >= 0.6 is 23.2 Å². The predicted molar refractivity (Wildman–Crippen MR) is 78.7 cm³/mol. The molecule has 0 bridgehead atoms. The fraction of sp³-hybridized carbons (Fsp3) is 0.500. The lowest BCUT2D eigenvalue weighted by Gasteiger charge is -2.33. The lowest BCUT2D eigenvalue weighted by atomic mass is 10.3. The third-order valence-electron chi connectivity index (χ3n) is 3.26. The quantitative estimate of drug-likeness (QED) is 0.898. The lowest BCUT2D eigenvalue weighted by Crippen LogP contribution is -2.49. The first-order valence-corrected chi connectivity index (χ1v) is 8.44. The van der Waals surface area contributed by atoms with Gasteiger partial charge in [0, 0.05) is 32.7 Å². The molecule has 5 nitrogen and oxygen atoms in total. The van der Waals surface area contributed by atoms with E-state index < -0.39 is 10.0 Å². The Morgan fingerprint density at radius 2 is 1.65 bits per heavy atom. The molecule has 1 heterocycles. The number of rotatable bonds is 4. The van der Waals surface area contributed by atoms with Gasteiger partial charge in [-0.25, -0.2) is 8.42 Å². The summed E-state index contributed by atoms with van der Waals surface area (Å²) < 4.78 is 26.5. The Hall–Kier alpha value is -0.370. The van der Waals surface area contributed by atoms with Crippen LogP contribution in [0.15, 0.2) is 23.1 Å². The molecule has 0 amide bonds. The molecule has 1 aliphatic heterocycles. The van der Waals surface area contributed by atoms with E-state index in [4.69, 9.17) is 28.3 Å². The largest absolute Gasteiger partial charge is 0.395 e. The maximum atomic E-state index is 12.6. The van der Waals surface area contributed by atoms with Gasteiger partial charge in [-0.2, -0.15) is 4.31 Å². The van der Waals surface area contributed by atoms with E-state index in [9.17, 15) is 8.42 Å². The van der Waals surface area contributed by atoms with Crippen molar-refractivity contribution in [3.8, 4) is 0 Å². The van der Waals surface area contributed by atoms with Crippen LogP contribution in [0.5, 0.6) is 0 Å². The van der Waals surface area contributed by atoms with Crippen LogP contribution in [0.4, 0.5) is 0 Å². The molecule has 0 radical (unpaired) electrons. The number of halogens is 2. The van der Waals surface area contributed by atoms with E-state index in [0.29, 0.717) is 32.7 Å². The van der Waals surface area contributed by atoms with Gasteiger partial charge < -0.3 is 5.11 Å². The topological polar surface area (TPSA) is 60.9 Å². The van der Waals surface area contributed by atoms with Crippen LogP contribution in [-0.4, -0.2) is 62.1 Å². The summed E-state index contributed by atoms with van der Waals surface area (Å²) in [6, 6.07) is 4.65. The van der Waals surface area contributed by atoms with Crippen LogP contribution in [0.2, 0.25) is 10.0 Å². The monoisotopic (exact) mass is 338 g/mol. The number of aliphatic hydroxyl groups excluding tert-OH is 1. The SMILES string of the molecule is O=S(=O)(c1c(Cl)cccc1Cl)N1CCN(CCO)CC1. The van der Waals surface area contributed by atoms with Crippen molar-refractivity contribution >= 4 is 33.2 Å². The molecule has 0 spiro atoms. The molecule has 2 rings (SSSR count). The van der Waals surface area contributed by atoms with Crippen molar-refractivity contribution in [2.75, 3.05) is 39.3 Å². The Kier molecular flexibility index (Phi) is 5.28. The van der Waals surface area contributed by atoms with Gasteiger partial charge in [0.15, 0.2) is 0 Å². The minimum atomic E-state index is -3.68. The highest BCUT2D eigenvalue weighted by Crippen LogP contribution is 2.31. The first-order chi connectivity index (χ1) is 9.46. The second-order valence-corrected chi connectivity index (χ2v) is 7.21. The standard InChI is InChI=1S/C12H16Cl2N2O3S/c13-10-2-1-3-11(14)12(10)20(18,19)16-6-4-15(5-7-16)8-9-17/h1-3,17H,4-9H2. The second kappa shape index (κ2) is 6.60. The summed E-state index contributed by atoms with van der Waals surface area (Å²) >= 11 is 12.0. The van der Waals surface area contributed by atoms with Gasteiger partial charge in [-0.15, -0.1) is 0 Å². The fourth-order valence-corrected chi connectivity index (χ4v) is 4.71. The van der Waals surface area contributed by atoms with Gasteiger partial charge in [0.05, 0.1) is 16.7 Å². The molecular weight excluding hydrogens is 323 g/mol. The zero-order valence-electron chi connectivity index (χ0n) is 10.8.